The van der Waals surface area contributed by atoms with E-state index in [0.29, 0.717) is 26.1 Å². The largest absolute Gasteiger partial charge is 0.383 e. The highest BCUT2D eigenvalue weighted by atomic mass is 16.5. The normalized spacial score (nSPS) is 16.6. The number of aromatic amines is 1. The third-order valence-corrected chi connectivity index (χ3v) is 4.91. The summed E-state index contributed by atoms with van der Waals surface area (Å²) in [6.07, 6.45) is 4.45. The lowest BCUT2D eigenvalue weighted by Gasteiger charge is -2.27. The molecule has 2 heterocycles. The van der Waals surface area contributed by atoms with Gasteiger partial charge in [-0.1, -0.05) is 20.3 Å². The quantitative estimate of drug-likeness (QED) is 0.605. The lowest BCUT2D eigenvalue weighted by molar-refractivity contribution is -0.119. The lowest BCUT2D eigenvalue weighted by Crippen LogP contribution is -2.46. The van der Waals surface area contributed by atoms with Crippen molar-refractivity contribution in [2.75, 3.05) is 43.9 Å². The van der Waals surface area contributed by atoms with Gasteiger partial charge in [-0.3, -0.25) is 24.0 Å². The summed E-state index contributed by atoms with van der Waals surface area (Å²) in [5.41, 5.74) is 5.05. The van der Waals surface area contributed by atoms with Gasteiger partial charge in [0.25, 0.3) is 5.56 Å². The van der Waals surface area contributed by atoms with Crippen LogP contribution in [-0.2, 0) is 16.1 Å². The number of nitrogens with one attached hydrogen (secondary N) is 1. The summed E-state index contributed by atoms with van der Waals surface area (Å²) < 4.78 is 6.95. The summed E-state index contributed by atoms with van der Waals surface area (Å²) in [7, 11) is 1.86. The Kier molecular flexibility index (Phi) is 8.25. The summed E-state index contributed by atoms with van der Waals surface area (Å²) >= 11 is 0. The van der Waals surface area contributed by atoms with Crippen molar-refractivity contribution in [3.8, 4) is 0 Å². The molecule has 1 aromatic heterocycles. The molecule has 1 amide bonds. The van der Waals surface area contributed by atoms with Crippen LogP contribution in [0.25, 0.3) is 0 Å². The zero-order valence-electron chi connectivity index (χ0n) is 17.2. The van der Waals surface area contributed by atoms with E-state index in [1.165, 1.54) is 9.47 Å². The van der Waals surface area contributed by atoms with E-state index in [0.717, 1.165) is 32.3 Å². The number of hydrogen-bond acceptors (Lipinski definition) is 6. The van der Waals surface area contributed by atoms with Crippen molar-refractivity contribution in [2.45, 2.75) is 58.6 Å². The predicted molar refractivity (Wildman–Crippen MR) is 110 cm³/mol. The molecular weight excluding hydrogens is 362 g/mol. The third-order valence-electron chi connectivity index (χ3n) is 4.91. The maximum atomic E-state index is 13.0. The lowest BCUT2D eigenvalue weighted by atomic mass is 10.2. The van der Waals surface area contributed by atoms with Crippen molar-refractivity contribution in [3.63, 3.8) is 0 Å². The Morgan fingerprint density at radius 1 is 1.32 bits per heavy atom. The van der Waals surface area contributed by atoms with Crippen LogP contribution in [0.2, 0.25) is 0 Å². The highest BCUT2D eigenvalue weighted by molar-refractivity contribution is 5.96. The van der Waals surface area contributed by atoms with Crippen LogP contribution in [0.3, 0.4) is 0 Å². The van der Waals surface area contributed by atoms with Crippen LogP contribution in [0, 0.1) is 0 Å². The highest BCUT2D eigenvalue weighted by Gasteiger charge is 2.26. The minimum Gasteiger partial charge on any atom is -0.383 e. The zero-order chi connectivity index (χ0) is 20.7. The van der Waals surface area contributed by atoms with Crippen LogP contribution in [0.1, 0.15) is 46.0 Å². The van der Waals surface area contributed by atoms with Gasteiger partial charge in [0.15, 0.2) is 5.69 Å². The zero-order valence-corrected chi connectivity index (χ0v) is 17.2. The Bertz CT molecular complexity index is 767. The van der Waals surface area contributed by atoms with Gasteiger partial charge in [-0.15, -0.1) is 0 Å². The second-order valence-electron chi connectivity index (χ2n) is 7.38. The van der Waals surface area contributed by atoms with Gasteiger partial charge in [0.05, 0.1) is 12.6 Å². The van der Waals surface area contributed by atoms with Crippen molar-refractivity contribution in [2.24, 2.45) is 0 Å². The van der Waals surface area contributed by atoms with Crippen LogP contribution < -0.4 is 21.9 Å². The van der Waals surface area contributed by atoms with Gasteiger partial charge in [-0.05, 0) is 32.7 Å². The first-order chi connectivity index (χ1) is 13.4. The van der Waals surface area contributed by atoms with Gasteiger partial charge in [-0.2, -0.15) is 0 Å². The first-order valence-electron chi connectivity index (χ1n) is 10.1. The predicted octanol–water partition coefficient (Wildman–Crippen LogP) is 0.773. The molecule has 0 radical (unpaired) electrons. The van der Waals surface area contributed by atoms with E-state index >= 15 is 0 Å². The van der Waals surface area contributed by atoms with E-state index in [9.17, 15) is 14.4 Å². The number of nitrogens with two attached hydrogens (primary N) is 1. The first kappa shape index (κ1) is 22.2. The Morgan fingerprint density at radius 2 is 2.07 bits per heavy atom. The smallest absolute Gasteiger partial charge is 0.330 e. The fourth-order valence-corrected chi connectivity index (χ4v) is 3.48. The average molecular weight is 396 g/mol. The standard InChI is InChI=1S/C19H33N5O4/c1-4-6-10-23(15(25)13-22(3)12-14-8-7-11-28-14)16-17(20)24(9-5-2)19(27)21-18(16)26/h14H,4-13,20H2,1-3H3,(H,21,26,27). The van der Waals surface area contributed by atoms with Gasteiger partial charge in [0.2, 0.25) is 5.91 Å². The van der Waals surface area contributed by atoms with Crippen LogP contribution >= 0.6 is 0 Å². The van der Waals surface area contributed by atoms with Crippen LogP contribution in [0.5, 0.6) is 0 Å². The summed E-state index contributed by atoms with van der Waals surface area (Å²) in [5.74, 6) is -0.172. The SMILES string of the molecule is CCCCN(C(=O)CN(C)CC1CCCO1)c1c(N)n(CCC)c(=O)[nH]c1=O. The molecular formula is C19H33N5O4. The van der Waals surface area contributed by atoms with Crippen LogP contribution in [-0.4, -0.2) is 59.8 Å². The molecule has 2 rings (SSSR count). The number of carbonyl (C=O) groups is 1. The molecule has 3 N–H and O–H groups in total. The van der Waals surface area contributed by atoms with Crippen LogP contribution in [0.4, 0.5) is 11.5 Å². The molecule has 1 fully saturated rings. The van der Waals surface area contributed by atoms with Gasteiger partial charge in [0, 0.05) is 26.2 Å². The van der Waals surface area contributed by atoms with E-state index < -0.39 is 11.2 Å². The average Bonchev–Trinajstić information content (AvgIpc) is 3.13. The highest BCUT2D eigenvalue weighted by Crippen LogP contribution is 2.19. The monoisotopic (exact) mass is 395 g/mol. The van der Waals surface area contributed by atoms with Crippen molar-refractivity contribution in [3.05, 3.63) is 20.8 Å². The van der Waals surface area contributed by atoms with Gasteiger partial charge in [-0.25, -0.2) is 4.79 Å². The molecule has 28 heavy (non-hydrogen) atoms. The number of nitrogens with zero attached hydrogens (tertiary/aromatic N) is 3. The molecule has 9 nitrogen and oxygen atoms in total. The number of H-pyrrole nitrogens is 1. The summed E-state index contributed by atoms with van der Waals surface area (Å²) in [5, 5.41) is 0. The van der Waals surface area contributed by atoms with Crippen molar-refractivity contribution < 1.29 is 9.53 Å². The molecule has 1 unspecified atom stereocenters. The maximum Gasteiger partial charge on any atom is 0.330 e. The molecule has 0 saturated carbocycles. The van der Waals surface area contributed by atoms with E-state index in [1.807, 2.05) is 25.8 Å². The molecule has 0 bridgehead atoms. The number of ether oxygens (including phenoxy) is 1. The number of rotatable bonds is 10. The van der Waals surface area contributed by atoms with E-state index in [1.54, 1.807) is 0 Å². The molecule has 9 heteroatoms. The Hall–Kier alpha value is -2.13. The molecule has 1 atom stereocenters. The number of anilines is 2. The molecule has 1 aliphatic rings. The fraction of sp³-hybridized carbons (Fsp3) is 0.737. The molecule has 1 aliphatic heterocycles. The van der Waals surface area contributed by atoms with Gasteiger partial charge < -0.3 is 15.4 Å². The molecule has 0 spiro atoms. The first-order valence-corrected chi connectivity index (χ1v) is 10.1. The van der Waals surface area contributed by atoms with E-state index in [4.69, 9.17) is 10.5 Å². The van der Waals surface area contributed by atoms with E-state index in [-0.39, 0.29) is 30.1 Å². The Labute approximate surface area is 165 Å². The van der Waals surface area contributed by atoms with Crippen molar-refractivity contribution in [1.82, 2.24) is 14.5 Å². The minimum atomic E-state index is -0.624. The summed E-state index contributed by atoms with van der Waals surface area (Å²) in [4.78, 5) is 43.3. The fourth-order valence-electron chi connectivity index (χ4n) is 3.48. The summed E-state index contributed by atoms with van der Waals surface area (Å²) in [6.45, 7) is 6.25. The number of unbranched alkanes of at least 4 members (excludes halogenated alkanes) is 1. The number of nitrogen functional groups attached to an aromatic ring is 1. The topological polar surface area (TPSA) is 114 Å². The molecule has 158 valence electrons. The number of likely N-dealkylation sites (N-methyl/N-ethyl adjacent to an activating group) is 1. The van der Waals surface area contributed by atoms with Crippen LogP contribution in [0.15, 0.2) is 9.59 Å². The second kappa shape index (κ2) is 10.4. The summed E-state index contributed by atoms with van der Waals surface area (Å²) in [6, 6.07) is 0. The Balaban J connectivity index is 2.27. The maximum absolute atomic E-state index is 13.0. The molecule has 1 saturated heterocycles. The van der Waals surface area contributed by atoms with Gasteiger partial charge in [0.1, 0.15) is 5.82 Å². The number of hydrogen-bond donors (Lipinski definition) is 2. The number of carbonyl (C=O) groups excluding carboxylic acids is 1. The molecule has 1 aromatic rings. The van der Waals surface area contributed by atoms with Crippen molar-refractivity contribution >= 4 is 17.4 Å². The minimum absolute atomic E-state index is 0.0434. The number of aromatic nitrogens is 2. The van der Waals surface area contributed by atoms with Gasteiger partial charge >= 0.3 is 5.69 Å². The van der Waals surface area contributed by atoms with E-state index in [2.05, 4.69) is 4.98 Å². The molecule has 0 aromatic carbocycles. The van der Waals surface area contributed by atoms with Crippen molar-refractivity contribution in [1.29, 1.82) is 0 Å². The third kappa shape index (κ3) is 5.45. The second-order valence-corrected chi connectivity index (χ2v) is 7.38. The molecule has 0 aliphatic carbocycles. The Morgan fingerprint density at radius 3 is 2.68 bits per heavy atom. The number of amides is 1.